The van der Waals surface area contributed by atoms with Crippen molar-refractivity contribution >= 4 is 50.2 Å². The molecule has 7 heteroatoms. The first-order chi connectivity index (χ1) is 8.58. The molecule has 1 N–H and O–H groups in total. The molecule has 1 heterocycles. The van der Waals surface area contributed by atoms with Crippen LogP contribution in [0.5, 0.6) is 0 Å². The lowest BCUT2D eigenvalue weighted by Gasteiger charge is -2.06. The first-order valence-corrected chi connectivity index (χ1v) is 7.02. The zero-order valence-corrected chi connectivity index (χ0v) is 12.2. The minimum atomic E-state index is -0.447. The molecule has 2 rings (SSSR count). The molecule has 0 bridgehead atoms. The predicted octanol–water partition coefficient (Wildman–Crippen LogP) is 4.68. The lowest BCUT2D eigenvalue weighted by Crippen LogP contribution is -2.01. The maximum atomic E-state index is 10.9. The molecule has 0 fully saturated rings. The fourth-order valence-electron chi connectivity index (χ4n) is 1.43. The molecular formula is C11H8BrClN2O2S. The predicted molar refractivity (Wildman–Crippen MR) is 77.5 cm³/mol. The van der Waals surface area contributed by atoms with Gasteiger partial charge in [0.15, 0.2) is 0 Å². The van der Waals surface area contributed by atoms with Gasteiger partial charge in [0.25, 0.3) is 5.69 Å². The van der Waals surface area contributed by atoms with Crippen molar-refractivity contribution in [3.63, 3.8) is 0 Å². The Kier molecular flexibility index (Phi) is 4.21. The lowest BCUT2D eigenvalue weighted by molar-refractivity contribution is -0.383. The summed E-state index contributed by atoms with van der Waals surface area (Å²) in [7, 11) is 0. The number of nitro benzene ring substituents is 1. The maximum absolute atomic E-state index is 10.9. The summed E-state index contributed by atoms with van der Waals surface area (Å²) in [6.07, 6.45) is 0. The van der Waals surface area contributed by atoms with E-state index in [-0.39, 0.29) is 5.69 Å². The molecule has 18 heavy (non-hydrogen) atoms. The maximum Gasteiger partial charge on any atom is 0.293 e. The van der Waals surface area contributed by atoms with E-state index in [0.717, 1.165) is 9.35 Å². The average molecular weight is 348 g/mol. The summed E-state index contributed by atoms with van der Waals surface area (Å²) in [4.78, 5) is 11.5. The number of halogens is 2. The monoisotopic (exact) mass is 346 g/mol. The molecule has 1 aromatic carbocycles. The second-order valence-corrected chi connectivity index (χ2v) is 5.76. The molecule has 4 nitrogen and oxygen atoms in total. The Balaban J connectivity index is 2.19. The van der Waals surface area contributed by atoms with Crippen LogP contribution in [0.15, 0.2) is 34.1 Å². The highest BCUT2D eigenvalue weighted by molar-refractivity contribution is 9.10. The van der Waals surface area contributed by atoms with E-state index >= 15 is 0 Å². The summed E-state index contributed by atoms with van der Waals surface area (Å²) in [5.74, 6) is 0. The molecule has 0 atom stereocenters. The van der Waals surface area contributed by atoms with Gasteiger partial charge < -0.3 is 5.32 Å². The zero-order chi connectivity index (χ0) is 13.1. The van der Waals surface area contributed by atoms with E-state index in [2.05, 4.69) is 21.2 Å². The van der Waals surface area contributed by atoms with Crippen molar-refractivity contribution in [2.45, 2.75) is 6.54 Å². The minimum Gasteiger partial charge on any atom is -0.375 e. The molecule has 0 aliphatic carbocycles. The molecule has 94 valence electrons. The van der Waals surface area contributed by atoms with Crippen LogP contribution in [-0.4, -0.2) is 4.92 Å². The van der Waals surface area contributed by atoms with Crippen molar-refractivity contribution in [1.29, 1.82) is 0 Å². The second kappa shape index (κ2) is 5.69. The normalized spacial score (nSPS) is 10.3. The molecule has 0 spiro atoms. The average Bonchev–Trinajstić information content (AvgIpc) is 2.73. The molecule has 0 radical (unpaired) electrons. The highest BCUT2D eigenvalue weighted by Crippen LogP contribution is 2.29. The van der Waals surface area contributed by atoms with Crippen LogP contribution in [0.1, 0.15) is 4.88 Å². The number of nitro groups is 1. The topological polar surface area (TPSA) is 55.2 Å². The molecular weight excluding hydrogens is 340 g/mol. The van der Waals surface area contributed by atoms with Crippen molar-refractivity contribution in [2.75, 3.05) is 5.32 Å². The Labute approximate surface area is 121 Å². The Morgan fingerprint density at radius 2 is 2.22 bits per heavy atom. The van der Waals surface area contributed by atoms with Crippen LogP contribution in [0.3, 0.4) is 0 Å². The van der Waals surface area contributed by atoms with Gasteiger partial charge in [-0.2, -0.15) is 0 Å². The standard InChI is InChI=1S/C11H8BrClN2O2S/c12-8-3-4-18-11(8)6-14-9-2-1-7(13)5-10(9)15(16)17/h1-5,14H,6H2. The SMILES string of the molecule is O=[N+]([O-])c1cc(Cl)ccc1NCc1sccc1Br. The van der Waals surface area contributed by atoms with Crippen LogP contribution in [0.25, 0.3) is 0 Å². The van der Waals surface area contributed by atoms with Gasteiger partial charge in [-0.1, -0.05) is 11.6 Å². The Hall–Kier alpha value is -1.11. The van der Waals surface area contributed by atoms with Crippen molar-refractivity contribution in [3.05, 3.63) is 54.1 Å². The number of anilines is 1. The smallest absolute Gasteiger partial charge is 0.293 e. The highest BCUT2D eigenvalue weighted by Gasteiger charge is 2.14. The summed E-state index contributed by atoms with van der Waals surface area (Å²) in [5.41, 5.74) is 0.444. The zero-order valence-electron chi connectivity index (χ0n) is 9.02. The van der Waals surface area contributed by atoms with Gasteiger partial charge in [0.05, 0.1) is 11.5 Å². The van der Waals surface area contributed by atoms with E-state index in [1.807, 2.05) is 11.4 Å². The molecule has 0 unspecified atom stereocenters. The quantitative estimate of drug-likeness (QED) is 0.645. The molecule has 0 aliphatic rings. The van der Waals surface area contributed by atoms with Crippen LogP contribution in [0.4, 0.5) is 11.4 Å². The molecule has 0 saturated carbocycles. The summed E-state index contributed by atoms with van der Waals surface area (Å²) in [6.45, 7) is 0.528. The van der Waals surface area contributed by atoms with Crippen LogP contribution in [0.2, 0.25) is 5.02 Å². The van der Waals surface area contributed by atoms with Gasteiger partial charge in [-0.15, -0.1) is 11.3 Å². The molecule has 0 saturated heterocycles. The Morgan fingerprint density at radius 3 is 2.83 bits per heavy atom. The summed E-state index contributed by atoms with van der Waals surface area (Å²) >= 11 is 10.7. The van der Waals surface area contributed by atoms with Crippen LogP contribution < -0.4 is 5.32 Å². The van der Waals surface area contributed by atoms with E-state index < -0.39 is 4.92 Å². The van der Waals surface area contributed by atoms with Crippen molar-refractivity contribution < 1.29 is 4.92 Å². The fraction of sp³-hybridized carbons (Fsp3) is 0.0909. The second-order valence-electron chi connectivity index (χ2n) is 3.46. The summed E-state index contributed by atoms with van der Waals surface area (Å²) in [5, 5.41) is 16.3. The van der Waals surface area contributed by atoms with Crippen LogP contribution >= 0.6 is 38.9 Å². The number of benzene rings is 1. The van der Waals surface area contributed by atoms with E-state index in [4.69, 9.17) is 11.6 Å². The molecule has 0 aliphatic heterocycles. The van der Waals surface area contributed by atoms with Gasteiger partial charge in [0.1, 0.15) is 5.69 Å². The largest absolute Gasteiger partial charge is 0.375 e. The fourth-order valence-corrected chi connectivity index (χ4v) is 3.03. The summed E-state index contributed by atoms with van der Waals surface area (Å²) in [6, 6.07) is 6.52. The number of nitrogens with zero attached hydrogens (tertiary/aromatic N) is 1. The van der Waals surface area contributed by atoms with E-state index in [9.17, 15) is 10.1 Å². The van der Waals surface area contributed by atoms with Gasteiger partial charge in [-0.25, -0.2) is 0 Å². The van der Waals surface area contributed by atoms with Crippen LogP contribution in [-0.2, 0) is 6.54 Å². The van der Waals surface area contributed by atoms with Gasteiger partial charge in [-0.3, -0.25) is 10.1 Å². The third-order valence-electron chi connectivity index (χ3n) is 2.29. The van der Waals surface area contributed by atoms with E-state index in [1.54, 1.807) is 23.5 Å². The van der Waals surface area contributed by atoms with Crippen molar-refractivity contribution in [3.8, 4) is 0 Å². The summed E-state index contributed by atoms with van der Waals surface area (Å²) < 4.78 is 0.997. The molecule has 2 aromatic rings. The number of nitrogens with one attached hydrogen (secondary N) is 1. The molecule has 1 aromatic heterocycles. The third kappa shape index (κ3) is 3.01. The van der Waals surface area contributed by atoms with Gasteiger partial charge >= 0.3 is 0 Å². The van der Waals surface area contributed by atoms with E-state index in [1.165, 1.54) is 6.07 Å². The highest BCUT2D eigenvalue weighted by atomic mass is 79.9. The van der Waals surface area contributed by atoms with Gasteiger partial charge in [0, 0.05) is 20.4 Å². The van der Waals surface area contributed by atoms with Crippen LogP contribution in [0, 0.1) is 10.1 Å². The van der Waals surface area contributed by atoms with Gasteiger partial charge in [0.2, 0.25) is 0 Å². The number of thiophene rings is 1. The first kappa shape index (κ1) is 13.3. The van der Waals surface area contributed by atoms with Gasteiger partial charge in [-0.05, 0) is 39.5 Å². The Bertz CT molecular complexity index is 588. The lowest BCUT2D eigenvalue weighted by atomic mass is 10.2. The first-order valence-electron chi connectivity index (χ1n) is 4.97. The van der Waals surface area contributed by atoms with Crippen molar-refractivity contribution in [2.24, 2.45) is 0 Å². The third-order valence-corrected chi connectivity index (χ3v) is 4.45. The van der Waals surface area contributed by atoms with E-state index in [0.29, 0.717) is 17.3 Å². The number of hydrogen-bond donors (Lipinski definition) is 1. The Morgan fingerprint density at radius 1 is 1.44 bits per heavy atom. The molecule has 0 amide bonds. The number of hydrogen-bond acceptors (Lipinski definition) is 4. The van der Waals surface area contributed by atoms with Crippen molar-refractivity contribution in [1.82, 2.24) is 0 Å². The minimum absolute atomic E-state index is 0.0184. The number of rotatable bonds is 4.